The van der Waals surface area contributed by atoms with Crippen LogP contribution in [0.4, 0.5) is 0 Å². The van der Waals surface area contributed by atoms with E-state index in [0.717, 1.165) is 38.7 Å². The molecule has 3 heteroatoms. The van der Waals surface area contributed by atoms with Crippen LogP contribution in [-0.2, 0) is 7.05 Å². The second-order valence-corrected chi connectivity index (χ2v) is 6.89. The maximum Gasteiger partial charge on any atom is 0.227 e. The van der Waals surface area contributed by atoms with Gasteiger partial charge in [0, 0.05) is 32.7 Å². The van der Waals surface area contributed by atoms with Crippen LogP contribution in [-0.4, -0.2) is 4.98 Å². The second kappa shape index (κ2) is 5.69. The first kappa shape index (κ1) is 12.6. The van der Waals surface area contributed by atoms with E-state index in [2.05, 4.69) is 17.1 Å². The van der Waals surface area contributed by atoms with Gasteiger partial charge in [-0.2, -0.15) is 0 Å². The summed E-state index contributed by atoms with van der Waals surface area (Å²) in [6.07, 6.45) is 3.45. The van der Waals surface area contributed by atoms with Crippen molar-refractivity contribution in [2.24, 2.45) is 7.05 Å². The molecule has 0 amide bonds. The van der Waals surface area contributed by atoms with Gasteiger partial charge in [0.15, 0.2) is 11.8 Å². The third-order valence-electron chi connectivity index (χ3n) is 4.81. The van der Waals surface area contributed by atoms with Gasteiger partial charge in [-0.05, 0) is 43.0 Å². The molecule has 0 aliphatic heterocycles. The normalized spacial score (nSPS) is 14.0. The summed E-state index contributed by atoms with van der Waals surface area (Å²) >= 11 is 0. The largest absolute Gasteiger partial charge is 0.437 e. The highest BCUT2D eigenvalue weighted by molar-refractivity contribution is 6.08. The van der Waals surface area contributed by atoms with Crippen molar-refractivity contribution >= 4 is 22.1 Å². The molecule has 0 fully saturated rings. The Morgan fingerprint density at radius 3 is 2.76 bits per heavy atom. The van der Waals surface area contributed by atoms with Crippen LogP contribution >= 0.6 is 0 Å². The van der Waals surface area contributed by atoms with Crippen molar-refractivity contribution in [1.29, 1.82) is 0 Å². The Labute approximate surface area is 152 Å². The molecule has 0 atom stereocenters. The van der Waals surface area contributed by atoms with Crippen LogP contribution < -0.4 is 4.57 Å². The maximum absolute atomic E-state index is 7.92. The van der Waals surface area contributed by atoms with Crippen LogP contribution in [0, 0.1) is 13.8 Å². The van der Waals surface area contributed by atoms with E-state index in [-0.39, 0.29) is 5.92 Å². The number of aromatic nitrogens is 2. The molecule has 0 aliphatic carbocycles. The SMILES string of the molecule is [2H]C([2H])([2H])c1c[n+](C)c(-c2c(C)ccc3c2oc2ncccc23)cc1C(C)C. The molecule has 0 radical (unpaired) electrons. The van der Waals surface area contributed by atoms with Crippen LogP contribution in [0.1, 0.15) is 40.6 Å². The van der Waals surface area contributed by atoms with Gasteiger partial charge in [0.25, 0.3) is 0 Å². The van der Waals surface area contributed by atoms with Crippen LogP contribution in [0.3, 0.4) is 0 Å². The van der Waals surface area contributed by atoms with E-state index in [1.54, 1.807) is 12.4 Å². The summed E-state index contributed by atoms with van der Waals surface area (Å²) in [7, 11) is 1.88. The summed E-state index contributed by atoms with van der Waals surface area (Å²) in [5.41, 5.74) is 5.58. The van der Waals surface area contributed by atoms with Crippen molar-refractivity contribution in [3.05, 3.63) is 59.4 Å². The van der Waals surface area contributed by atoms with Crippen LogP contribution in [0.15, 0.2) is 47.1 Å². The lowest BCUT2D eigenvalue weighted by Crippen LogP contribution is -2.32. The van der Waals surface area contributed by atoms with E-state index in [4.69, 9.17) is 8.53 Å². The Bertz CT molecular complexity index is 1210. The molecule has 25 heavy (non-hydrogen) atoms. The highest BCUT2D eigenvalue weighted by Gasteiger charge is 2.22. The molecule has 0 aliphatic rings. The van der Waals surface area contributed by atoms with Gasteiger partial charge in [-0.3, -0.25) is 0 Å². The van der Waals surface area contributed by atoms with Crippen LogP contribution in [0.5, 0.6) is 0 Å². The number of rotatable bonds is 2. The minimum Gasteiger partial charge on any atom is -0.437 e. The number of hydrogen-bond acceptors (Lipinski definition) is 2. The molecule has 3 heterocycles. The molecule has 1 aromatic carbocycles. The molecule has 0 unspecified atom stereocenters. The molecule has 0 spiro atoms. The van der Waals surface area contributed by atoms with Gasteiger partial charge in [0.2, 0.25) is 11.4 Å². The fourth-order valence-corrected chi connectivity index (χ4v) is 3.48. The summed E-state index contributed by atoms with van der Waals surface area (Å²) in [4.78, 5) is 4.35. The van der Waals surface area contributed by atoms with Gasteiger partial charge in [0.1, 0.15) is 7.05 Å². The van der Waals surface area contributed by atoms with Gasteiger partial charge in [0.05, 0.1) is 5.56 Å². The van der Waals surface area contributed by atoms with Gasteiger partial charge in [-0.15, -0.1) is 0 Å². The molecule has 3 nitrogen and oxygen atoms in total. The molecular weight excluding hydrogens is 308 g/mol. The van der Waals surface area contributed by atoms with Gasteiger partial charge in [-0.25, -0.2) is 9.55 Å². The van der Waals surface area contributed by atoms with Crippen molar-refractivity contribution in [1.82, 2.24) is 4.98 Å². The molecule has 0 bridgehead atoms. The predicted octanol–water partition coefficient (Wildman–Crippen LogP) is 5.21. The number of aryl methyl sites for hydroxylation is 3. The molecule has 0 saturated heterocycles. The lowest BCUT2D eigenvalue weighted by Gasteiger charge is -2.12. The summed E-state index contributed by atoms with van der Waals surface area (Å²) in [6, 6.07) is 10.0. The Morgan fingerprint density at radius 1 is 1.16 bits per heavy atom. The van der Waals surface area contributed by atoms with Gasteiger partial charge >= 0.3 is 0 Å². The van der Waals surface area contributed by atoms with E-state index in [0.29, 0.717) is 11.3 Å². The van der Waals surface area contributed by atoms with Gasteiger partial charge < -0.3 is 4.42 Å². The number of pyridine rings is 2. The molecule has 4 rings (SSSR count). The summed E-state index contributed by atoms with van der Waals surface area (Å²) in [6.45, 7) is 3.93. The third kappa shape index (κ3) is 2.42. The summed E-state index contributed by atoms with van der Waals surface area (Å²) < 4.78 is 31.8. The van der Waals surface area contributed by atoms with E-state index in [1.807, 2.05) is 50.6 Å². The zero-order valence-corrected chi connectivity index (χ0v) is 14.9. The molecule has 126 valence electrons. The van der Waals surface area contributed by atoms with Crippen LogP contribution in [0.25, 0.3) is 33.3 Å². The highest BCUT2D eigenvalue weighted by atomic mass is 16.3. The number of fused-ring (bicyclic) bond motifs is 3. The maximum atomic E-state index is 7.92. The number of hydrogen-bond donors (Lipinski definition) is 0. The van der Waals surface area contributed by atoms with E-state index in [1.165, 1.54) is 0 Å². The Hall–Kier alpha value is -2.68. The monoisotopic (exact) mass is 334 g/mol. The fourth-order valence-electron chi connectivity index (χ4n) is 3.48. The molecule has 0 N–H and O–H groups in total. The highest BCUT2D eigenvalue weighted by Crippen LogP contribution is 2.36. The van der Waals surface area contributed by atoms with Crippen molar-refractivity contribution in [3.8, 4) is 11.3 Å². The van der Waals surface area contributed by atoms with Crippen LogP contribution in [0.2, 0.25) is 0 Å². The summed E-state index contributed by atoms with van der Waals surface area (Å²) in [5, 5.41) is 1.99. The molecule has 0 saturated carbocycles. The Morgan fingerprint density at radius 2 is 2.00 bits per heavy atom. The second-order valence-electron chi connectivity index (χ2n) is 6.89. The molecular formula is C22H23N2O+. The van der Waals surface area contributed by atoms with E-state index < -0.39 is 6.85 Å². The van der Waals surface area contributed by atoms with Gasteiger partial charge in [-0.1, -0.05) is 26.0 Å². The first-order chi connectivity index (χ1) is 13.2. The molecule has 4 aromatic rings. The minimum absolute atomic E-state index is 0.0900. The van der Waals surface area contributed by atoms with Crippen molar-refractivity contribution in [2.45, 2.75) is 33.5 Å². The first-order valence-corrected chi connectivity index (χ1v) is 8.49. The Balaban J connectivity index is 2.08. The van der Waals surface area contributed by atoms with E-state index in [9.17, 15) is 0 Å². The molecule has 3 aromatic heterocycles. The number of benzene rings is 1. The summed E-state index contributed by atoms with van der Waals surface area (Å²) in [5.74, 6) is 0.0900. The Kier molecular flexibility index (Phi) is 2.88. The van der Waals surface area contributed by atoms with Crippen molar-refractivity contribution < 1.29 is 13.1 Å². The average Bonchev–Trinajstić information content (AvgIpc) is 2.99. The number of nitrogens with zero attached hydrogens (tertiary/aromatic N) is 2. The fraction of sp³-hybridized carbons (Fsp3) is 0.273. The van der Waals surface area contributed by atoms with Crippen molar-refractivity contribution in [2.75, 3.05) is 0 Å². The van der Waals surface area contributed by atoms with E-state index >= 15 is 0 Å². The lowest BCUT2D eigenvalue weighted by molar-refractivity contribution is -0.660. The zero-order chi connectivity index (χ0) is 20.2. The predicted molar refractivity (Wildman–Crippen MR) is 102 cm³/mol. The third-order valence-corrected chi connectivity index (χ3v) is 4.81. The number of furan rings is 1. The zero-order valence-electron chi connectivity index (χ0n) is 17.9. The lowest BCUT2D eigenvalue weighted by atomic mass is 9.94. The quantitative estimate of drug-likeness (QED) is 0.471. The average molecular weight is 334 g/mol. The standard InChI is InChI=1S/C22H23N2O/c1-13(2)18-11-19(24(5)12-15(18)4)20-14(3)8-9-16-17-7-6-10-23-22(17)25-21(16)20/h6-13H,1-5H3/q+1/i4D3. The topological polar surface area (TPSA) is 29.9 Å². The smallest absolute Gasteiger partial charge is 0.227 e. The first-order valence-electron chi connectivity index (χ1n) is 9.99. The van der Waals surface area contributed by atoms with Crippen molar-refractivity contribution in [3.63, 3.8) is 0 Å². The minimum atomic E-state index is -2.15.